The first kappa shape index (κ1) is 21.9. The van der Waals surface area contributed by atoms with Crippen molar-refractivity contribution in [3.63, 3.8) is 0 Å². The largest absolute Gasteiger partial charge is 0.493 e. The van der Waals surface area contributed by atoms with Crippen LogP contribution in [0.5, 0.6) is 5.75 Å². The van der Waals surface area contributed by atoms with Gasteiger partial charge in [0.2, 0.25) is 11.8 Å². The van der Waals surface area contributed by atoms with Crippen LogP contribution in [0.4, 0.5) is 0 Å². The number of benzene rings is 1. The van der Waals surface area contributed by atoms with Crippen molar-refractivity contribution in [2.75, 3.05) is 26.2 Å². The minimum atomic E-state index is -1.18. The van der Waals surface area contributed by atoms with E-state index in [1.54, 1.807) is 31.2 Å². The number of hydrogen-bond acceptors (Lipinski definition) is 5. The molecule has 0 aliphatic rings. The van der Waals surface area contributed by atoms with Gasteiger partial charge in [-0.1, -0.05) is 12.1 Å². The van der Waals surface area contributed by atoms with Crippen LogP contribution in [0.2, 0.25) is 0 Å². The standard InChI is InChI=1S/C18H25N3O6/c1-4-27-15-8-6-5-7-14(15)17(24)20-11-16(23)21(12(2)18(25)26)10-9-19-13(3)22/h5-8,12H,4,9-11H2,1-3H3,(H,19,22)(H,20,24)(H,25,26). The molecule has 0 radical (unpaired) electrons. The van der Waals surface area contributed by atoms with Gasteiger partial charge in [0, 0.05) is 20.0 Å². The molecule has 1 atom stereocenters. The second kappa shape index (κ2) is 10.8. The number of hydrogen-bond donors (Lipinski definition) is 3. The maximum Gasteiger partial charge on any atom is 0.326 e. The Bertz CT molecular complexity index is 691. The molecule has 1 aromatic rings. The maximum absolute atomic E-state index is 12.4. The van der Waals surface area contributed by atoms with Gasteiger partial charge in [0.1, 0.15) is 11.8 Å². The summed E-state index contributed by atoms with van der Waals surface area (Å²) >= 11 is 0. The van der Waals surface area contributed by atoms with E-state index < -0.39 is 23.8 Å². The van der Waals surface area contributed by atoms with Crippen molar-refractivity contribution >= 4 is 23.7 Å². The molecule has 0 heterocycles. The molecule has 0 saturated carbocycles. The van der Waals surface area contributed by atoms with Gasteiger partial charge in [-0.2, -0.15) is 0 Å². The summed E-state index contributed by atoms with van der Waals surface area (Å²) in [6.07, 6.45) is 0. The van der Waals surface area contributed by atoms with E-state index in [9.17, 15) is 24.3 Å². The highest BCUT2D eigenvalue weighted by molar-refractivity contribution is 5.99. The van der Waals surface area contributed by atoms with Crippen LogP contribution < -0.4 is 15.4 Å². The molecule has 3 amide bonds. The fraction of sp³-hybridized carbons (Fsp3) is 0.444. The second-order valence-corrected chi connectivity index (χ2v) is 5.70. The molecule has 0 aliphatic carbocycles. The lowest BCUT2D eigenvalue weighted by molar-refractivity contribution is -0.149. The first-order chi connectivity index (χ1) is 12.8. The Morgan fingerprint density at radius 3 is 2.44 bits per heavy atom. The predicted molar refractivity (Wildman–Crippen MR) is 97.4 cm³/mol. The molecular weight excluding hydrogens is 354 g/mol. The van der Waals surface area contributed by atoms with Crippen molar-refractivity contribution in [1.29, 1.82) is 0 Å². The van der Waals surface area contributed by atoms with Gasteiger partial charge in [-0.05, 0) is 26.0 Å². The number of amides is 3. The van der Waals surface area contributed by atoms with E-state index in [-0.39, 0.29) is 31.1 Å². The van der Waals surface area contributed by atoms with E-state index in [1.807, 2.05) is 0 Å². The molecule has 0 aliphatic heterocycles. The third kappa shape index (κ3) is 6.96. The predicted octanol–water partition coefficient (Wildman–Crippen LogP) is 0.253. The normalized spacial score (nSPS) is 11.2. The van der Waals surface area contributed by atoms with Crippen molar-refractivity contribution in [2.24, 2.45) is 0 Å². The van der Waals surface area contributed by atoms with Crippen LogP contribution in [0.15, 0.2) is 24.3 Å². The monoisotopic (exact) mass is 379 g/mol. The van der Waals surface area contributed by atoms with Gasteiger partial charge in [-0.25, -0.2) is 4.79 Å². The quantitative estimate of drug-likeness (QED) is 0.535. The number of para-hydroxylation sites is 1. The van der Waals surface area contributed by atoms with Crippen LogP contribution in [0, 0.1) is 0 Å². The highest BCUT2D eigenvalue weighted by Gasteiger charge is 2.25. The Balaban J connectivity index is 2.76. The summed E-state index contributed by atoms with van der Waals surface area (Å²) in [6, 6.07) is 5.52. The van der Waals surface area contributed by atoms with E-state index in [2.05, 4.69) is 10.6 Å². The van der Waals surface area contributed by atoms with E-state index in [4.69, 9.17) is 4.74 Å². The van der Waals surface area contributed by atoms with Gasteiger partial charge >= 0.3 is 5.97 Å². The summed E-state index contributed by atoms with van der Waals surface area (Å²) in [5.41, 5.74) is 0.281. The van der Waals surface area contributed by atoms with Gasteiger partial charge in [-0.15, -0.1) is 0 Å². The van der Waals surface area contributed by atoms with Crippen molar-refractivity contribution in [2.45, 2.75) is 26.8 Å². The van der Waals surface area contributed by atoms with E-state index in [0.29, 0.717) is 12.4 Å². The molecule has 0 saturated heterocycles. The van der Waals surface area contributed by atoms with Crippen molar-refractivity contribution < 1.29 is 29.0 Å². The average Bonchev–Trinajstić information content (AvgIpc) is 2.63. The fourth-order valence-corrected chi connectivity index (χ4v) is 2.31. The Hall–Kier alpha value is -3.10. The van der Waals surface area contributed by atoms with Crippen LogP contribution in [-0.2, 0) is 14.4 Å². The second-order valence-electron chi connectivity index (χ2n) is 5.70. The molecule has 1 unspecified atom stereocenters. The lowest BCUT2D eigenvalue weighted by Crippen LogP contribution is -2.50. The summed E-state index contributed by atoms with van der Waals surface area (Å²) in [7, 11) is 0. The highest BCUT2D eigenvalue weighted by atomic mass is 16.5. The SMILES string of the molecule is CCOc1ccccc1C(=O)NCC(=O)N(CCNC(C)=O)C(C)C(=O)O. The smallest absolute Gasteiger partial charge is 0.326 e. The minimum absolute atomic E-state index is 0.0112. The summed E-state index contributed by atoms with van der Waals surface area (Å²) in [4.78, 5) is 48.0. The lowest BCUT2D eigenvalue weighted by Gasteiger charge is -2.26. The highest BCUT2D eigenvalue weighted by Crippen LogP contribution is 2.17. The molecule has 1 rings (SSSR count). The number of ether oxygens (including phenoxy) is 1. The van der Waals surface area contributed by atoms with Crippen molar-refractivity contribution in [3.8, 4) is 5.75 Å². The van der Waals surface area contributed by atoms with Crippen LogP contribution in [0.25, 0.3) is 0 Å². The third-order valence-electron chi connectivity index (χ3n) is 3.70. The Kier molecular flexibility index (Phi) is 8.77. The molecule has 1 aromatic carbocycles. The first-order valence-electron chi connectivity index (χ1n) is 8.54. The summed E-state index contributed by atoms with van der Waals surface area (Å²) in [6.45, 7) is 4.60. The minimum Gasteiger partial charge on any atom is -0.493 e. The van der Waals surface area contributed by atoms with Crippen LogP contribution >= 0.6 is 0 Å². The zero-order valence-corrected chi connectivity index (χ0v) is 15.7. The maximum atomic E-state index is 12.4. The van der Waals surface area contributed by atoms with Gasteiger partial charge < -0.3 is 25.4 Å². The van der Waals surface area contributed by atoms with Crippen LogP contribution in [-0.4, -0.2) is 66.0 Å². The van der Waals surface area contributed by atoms with Gasteiger partial charge in [0.15, 0.2) is 0 Å². The van der Waals surface area contributed by atoms with Crippen LogP contribution in [0.3, 0.4) is 0 Å². The van der Waals surface area contributed by atoms with Crippen LogP contribution in [0.1, 0.15) is 31.1 Å². The molecule has 9 heteroatoms. The number of rotatable bonds is 10. The molecule has 27 heavy (non-hydrogen) atoms. The molecule has 0 spiro atoms. The first-order valence-corrected chi connectivity index (χ1v) is 8.54. The Morgan fingerprint density at radius 1 is 1.19 bits per heavy atom. The fourth-order valence-electron chi connectivity index (χ4n) is 2.31. The molecule has 9 nitrogen and oxygen atoms in total. The van der Waals surface area contributed by atoms with Crippen molar-refractivity contribution in [3.05, 3.63) is 29.8 Å². The lowest BCUT2D eigenvalue weighted by atomic mass is 10.2. The molecule has 3 N–H and O–H groups in total. The molecule has 0 fully saturated rings. The Morgan fingerprint density at radius 2 is 1.85 bits per heavy atom. The Labute approximate surface area is 157 Å². The van der Waals surface area contributed by atoms with Gasteiger partial charge in [-0.3, -0.25) is 14.4 Å². The number of nitrogens with zero attached hydrogens (tertiary/aromatic N) is 1. The summed E-state index contributed by atoms with van der Waals surface area (Å²) in [5.74, 6) is -2.15. The topological polar surface area (TPSA) is 125 Å². The number of carboxylic acids is 1. The number of carbonyl (C=O) groups excluding carboxylic acids is 3. The zero-order chi connectivity index (χ0) is 20.4. The molecule has 0 aromatic heterocycles. The van der Waals surface area contributed by atoms with Gasteiger partial charge in [0.05, 0.1) is 18.7 Å². The van der Waals surface area contributed by atoms with E-state index in [0.717, 1.165) is 4.90 Å². The van der Waals surface area contributed by atoms with E-state index >= 15 is 0 Å². The van der Waals surface area contributed by atoms with Crippen molar-refractivity contribution in [1.82, 2.24) is 15.5 Å². The third-order valence-corrected chi connectivity index (χ3v) is 3.70. The zero-order valence-electron chi connectivity index (χ0n) is 15.7. The molecular formula is C18H25N3O6. The van der Waals surface area contributed by atoms with E-state index in [1.165, 1.54) is 13.8 Å². The molecule has 0 bridgehead atoms. The summed E-state index contributed by atoms with van der Waals surface area (Å²) in [5, 5.41) is 14.2. The average molecular weight is 379 g/mol. The summed E-state index contributed by atoms with van der Waals surface area (Å²) < 4.78 is 5.38. The number of nitrogens with one attached hydrogen (secondary N) is 2. The number of carbonyl (C=O) groups is 4. The van der Waals surface area contributed by atoms with Gasteiger partial charge in [0.25, 0.3) is 5.91 Å². The number of carboxylic acid groups (broad SMARTS) is 1. The molecule has 148 valence electrons. The number of aliphatic carboxylic acids is 1.